The Kier molecular flexibility index (Phi) is 4.14. The van der Waals surface area contributed by atoms with Gasteiger partial charge in [0.25, 0.3) is 11.5 Å². The Hall–Kier alpha value is -2.63. The van der Waals surface area contributed by atoms with E-state index >= 15 is 0 Å². The molecular formula is C17H19N3O3. The van der Waals surface area contributed by atoms with Crippen molar-refractivity contribution in [2.75, 3.05) is 20.2 Å². The van der Waals surface area contributed by atoms with Gasteiger partial charge in [-0.2, -0.15) is 9.78 Å². The lowest BCUT2D eigenvalue weighted by molar-refractivity contribution is 0.0781. The molecule has 1 fully saturated rings. The second-order valence-electron chi connectivity index (χ2n) is 5.65. The largest absolute Gasteiger partial charge is 0.494 e. The van der Waals surface area contributed by atoms with Gasteiger partial charge in [-0.25, -0.2) is 0 Å². The summed E-state index contributed by atoms with van der Waals surface area (Å²) in [4.78, 5) is 26.7. The van der Waals surface area contributed by atoms with Gasteiger partial charge in [-0.1, -0.05) is 17.7 Å². The molecule has 1 amide bonds. The van der Waals surface area contributed by atoms with Gasteiger partial charge in [-0.05, 0) is 31.9 Å². The zero-order chi connectivity index (χ0) is 16.4. The Balaban J connectivity index is 2.07. The van der Waals surface area contributed by atoms with E-state index in [1.165, 1.54) is 17.9 Å². The summed E-state index contributed by atoms with van der Waals surface area (Å²) in [5, 5.41) is 4.28. The number of carbonyl (C=O) groups is 1. The molecule has 2 heterocycles. The standard InChI is InChI=1S/C17H19N3O3/c1-12-5-7-13(8-6-12)20-15(21)11-14(23-2)16(18-20)17(22)19-9-3-4-10-19/h5-8,11H,3-4,9-10H2,1-2H3. The number of likely N-dealkylation sites (tertiary alicyclic amines) is 1. The van der Waals surface area contributed by atoms with Crippen LogP contribution >= 0.6 is 0 Å². The number of hydrogen-bond acceptors (Lipinski definition) is 4. The summed E-state index contributed by atoms with van der Waals surface area (Å²) in [6.45, 7) is 3.40. The molecule has 23 heavy (non-hydrogen) atoms. The van der Waals surface area contributed by atoms with Crippen molar-refractivity contribution in [2.45, 2.75) is 19.8 Å². The van der Waals surface area contributed by atoms with Crippen molar-refractivity contribution >= 4 is 5.91 Å². The van der Waals surface area contributed by atoms with E-state index in [1.54, 1.807) is 17.0 Å². The molecule has 0 unspecified atom stereocenters. The van der Waals surface area contributed by atoms with Crippen molar-refractivity contribution in [2.24, 2.45) is 0 Å². The smallest absolute Gasteiger partial charge is 0.278 e. The van der Waals surface area contributed by atoms with Crippen LogP contribution < -0.4 is 10.3 Å². The molecule has 2 aromatic rings. The van der Waals surface area contributed by atoms with Crippen LogP contribution in [0.25, 0.3) is 5.69 Å². The second-order valence-corrected chi connectivity index (χ2v) is 5.65. The lowest BCUT2D eigenvalue weighted by atomic mass is 10.2. The van der Waals surface area contributed by atoms with Gasteiger partial charge in [0, 0.05) is 13.1 Å². The molecule has 6 nitrogen and oxygen atoms in total. The molecule has 1 saturated heterocycles. The van der Waals surface area contributed by atoms with Gasteiger partial charge >= 0.3 is 0 Å². The van der Waals surface area contributed by atoms with Crippen LogP contribution in [0, 0.1) is 6.92 Å². The van der Waals surface area contributed by atoms with Gasteiger partial charge in [-0.3, -0.25) is 9.59 Å². The number of methoxy groups -OCH3 is 1. The van der Waals surface area contributed by atoms with Crippen LogP contribution in [0.15, 0.2) is 35.1 Å². The van der Waals surface area contributed by atoms with E-state index in [0.29, 0.717) is 18.8 Å². The summed E-state index contributed by atoms with van der Waals surface area (Å²) in [6, 6.07) is 8.72. The van der Waals surface area contributed by atoms with E-state index in [4.69, 9.17) is 4.74 Å². The van der Waals surface area contributed by atoms with Crippen LogP contribution in [0.2, 0.25) is 0 Å². The van der Waals surface area contributed by atoms with Gasteiger partial charge in [-0.15, -0.1) is 0 Å². The van der Waals surface area contributed by atoms with E-state index < -0.39 is 0 Å². The zero-order valence-electron chi connectivity index (χ0n) is 13.3. The van der Waals surface area contributed by atoms with Crippen LogP contribution in [-0.2, 0) is 0 Å². The Bertz CT molecular complexity index is 775. The molecular weight excluding hydrogens is 294 g/mol. The second kappa shape index (κ2) is 6.24. The first kappa shape index (κ1) is 15.3. The van der Waals surface area contributed by atoms with Crippen molar-refractivity contribution < 1.29 is 9.53 Å². The Labute approximate surface area is 134 Å². The number of carbonyl (C=O) groups excluding carboxylic acids is 1. The van der Waals surface area contributed by atoms with Crippen LogP contribution in [0.3, 0.4) is 0 Å². The molecule has 1 aromatic carbocycles. The van der Waals surface area contributed by atoms with E-state index in [2.05, 4.69) is 5.10 Å². The minimum atomic E-state index is -0.330. The third kappa shape index (κ3) is 2.97. The van der Waals surface area contributed by atoms with Gasteiger partial charge in [0.1, 0.15) is 0 Å². The quantitative estimate of drug-likeness (QED) is 0.866. The predicted octanol–water partition coefficient (Wildman–Crippen LogP) is 1.79. The zero-order valence-corrected chi connectivity index (χ0v) is 13.3. The van der Waals surface area contributed by atoms with Crippen molar-refractivity contribution in [3.63, 3.8) is 0 Å². The highest BCUT2D eigenvalue weighted by molar-refractivity contribution is 5.95. The van der Waals surface area contributed by atoms with Crippen molar-refractivity contribution in [1.29, 1.82) is 0 Å². The lowest BCUT2D eigenvalue weighted by Gasteiger charge is -2.17. The lowest BCUT2D eigenvalue weighted by Crippen LogP contribution is -2.32. The fraction of sp³-hybridized carbons (Fsp3) is 0.353. The molecule has 0 bridgehead atoms. The van der Waals surface area contributed by atoms with E-state index in [0.717, 1.165) is 18.4 Å². The maximum absolute atomic E-state index is 12.6. The summed E-state index contributed by atoms with van der Waals surface area (Å²) < 4.78 is 6.43. The number of hydrogen-bond donors (Lipinski definition) is 0. The first-order valence-electron chi connectivity index (χ1n) is 7.65. The fourth-order valence-electron chi connectivity index (χ4n) is 2.68. The highest BCUT2D eigenvalue weighted by Gasteiger charge is 2.25. The van der Waals surface area contributed by atoms with Gasteiger partial charge < -0.3 is 9.64 Å². The van der Waals surface area contributed by atoms with Crippen molar-refractivity contribution in [3.05, 3.63) is 51.9 Å². The van der Waals surface area contributed by atoms with E-state index in [1.807, 2.05) is 19.1 Å². The Morgan fingerprint density at radius 2 is 1.83 bits per heavy atom. The average Bonchev–Trinajstić information content (AvgIpc) is 3.09. The topological polar surface area (TPSA) is 64.4 Å². The van der Waals surface area contributed by atoms with Crippen LogP contribution in [0.1, 0.15) is 28.9 Å². The van der Waals surface area contributed by atoms with Crippen LogP contribution in [-0.4, -0.2) is 40.8 Å². The van der Waals surface area contributed by atoms with Crippen molar-refractivity contribution in [3.8, 4) is 11.4 Å². The summed E-state index contributed by atoms with van der Waals surface area (Å²) in [5.41, 5.74) is 1.56. The third-order valence-electron chi connectivity index (χ3n) is 3.99. The molecule has 0 aliphatic carbocycles. The first-order chi connectivity index (χ1) is 11.1. The summed E-state index contributed by atoms with van der Waals surface area (Å²) in [5.74, 6) is 0.0236. The third-order valence-corrected chi connectivity index (χ3v) is 3.99. The fourth-order valence-corrected chi connectivity index (χ4v) is 2.68. The summed E-state index contributed by atoms with van der Waals surface area (Å²) in [7, 11) is 1.44. The average molecular weight is 313 g/mol. The minimum Gasteiger partial charge on any atom is -0.494 e. The molecule has 6 heteroatoms. The molecule has 120 valence electrons. The molecule has 3 rings (SSSR count). The van der Waals surface area contributed by atoms with Crippen LogP contribution in [0.5, 0.6) is 5.75 Å². The van der Waals surface area contributed by atoms with Gasteiger partial charge in [0.2, 0.25) is 0 Å². The molecule has 1 aromatic heterocycles. The van der Waals surface area contributed by atoms with E-state index in [9.17, 15) is 9.59 Å². The molecule has 1 aliphatic heterocycles. The highest BCUT2D eigenvalue weighted by Crippen LogP contribution is 2.19. The highest BCUT2D eigenvalue weighted by atomic mass is 16.5. The van der Waals surface area contributed by atoms with E-state index in [-0.39, 0.29) is 22.9 Å². The SMILES string of the molecule is COc1cc(=O)n(-c2ccc(C)cc2)nc1C(=O)N1CCCC1. The Morgan fingerprint density at radius 3 is 2.43 bits per heavy atom. The molecule has 1 aliphatic rings. The van der Waals surface area contributed by atoms with Gasteiger partial charge in [0.15, 0.2) is 11.4 Å². The summed E-state index contributed by atoms with van der Waals surface area (Å²) >= 11 is 0. The maximum Gasteiger partial charge on any atom is 0.278 e. The predicted molar refractivity (Wildman–Crippen MR) is 86.3 cm³/mol. The van der Waals surface area contributed by atoms with Crippen molar-refractivity contribution in [1.82, 2.24) is 14.7 Å². The number of benzene rings is 1. The molecule has 0 radical (unpaired) electrons. The summed E-state index contributed by atoms with van der Waals surface area (Å²) in [6.07, 6.45) is 1.98. The number of nitrogens with zero attached hydrogens (tertiary/aromatic N) is 3. The minimum absolute atomic E-state index is 0.176. The first-order valence-corrected chi connectivity index (χ1v) is 7.65. The number of aromatic nitrogens is 2. The molecule has 0 saturated carbocycles. The number of aryl methyl sites for hydroxylation is 1. The molecule has 0 atom stereocenters. The maximum atomic E-state index is 12.6. The number of amides is 1. The van der Waals surface area contributed by atoms with Crippen LogP contribution in [0.4, 0.5) is 0 Å². The number of ether oxygens (including phenoxy) is 1. The molecule has 0 N–H and O–H groups in total. The number of rotatable bonds is 3. The monoisotopic (exact) mass is 313 g/mol. The normalized spacial score (nSPS) is 14.1. The molecule has 0 spiro atoms. The van der Waals surface area contributed by atoms with Gasteiger partial charge in [0.05, 0.1) is 18.9 Å². The Morgan fingerprint density at radius 1 is 1.17 bits per heavy atom.